The van der Waals surface area contributed by atoms with E-state index in [1.54, 1.807) is 0 Å². The Morgan fingerprint density at radius 2 is 0.700 bits per heavy atom. The lowest BCUT2D eigenvalue weighted by Crippen LogP contribution is -2.17. The van der Waals surface area contributed by atoms with Crippen molar-refractivity contribution in [3.05, 3.63) is 0 Å². The number of hydrogen-bond acceptors (Lipinski definition) is 13. The molecule has 236 valence electrons. The Bertz CT molecular complexity index is 596. The molecular weight excluding hydrogens is 604 g/mol. The first-order chi connectivity index (χ1) is 19.6. The van der Waals surface area contributed by atoms with Crippen molar-refractivity contribution in [2.45, 2.75) is 12.8 Å². The fourth-order valence-corrected chi connectivity index (χ4v) is 2.75. The summed E-state index contributed by atoms with van der Waals surface area (Å²) in [6.07, 6.45) is -0.654. The number of rotatable bonds is 33. The highest BCUT2D eigenvalue weighted by atomic mass is 79.9. The predicted octanol–water partition coefficient (Wildman–Crippen LogP) is 0.508. The third-order valence-electron chi connectivity index (χ3n) is 4.48. The molecule has 1 N–H and O–H groups in total. The highest BCUT2D eigenvalue weighted by Gasteiger charge is 2.14. The van der Waals surface area contributed by atoms with Crippen molar-refractivity contribution >= 4 is 33.7 Å². The standard InChI is InChI=1S/C25H45BrO14/c26-3-4-31-5-6-32-7-8-33-9-10-34-11-12-35-13-14-36-15-16-37-17-18-38-19-20-39-21-22-40-24(28)2-1-23(27)25(29)30/h1-22H2,(H,29,30). The summed E-state index contributed by atoms with van der Waals surface area (Å²) < 4.78 is 53.1. The third kappa shape index (κ3) is 31.3. The number of ether oxygens (including phenoxy) is 10. The number of carboxylic acid groups (broad SMARTS) is 1. The van der Waals surface area contributed by atoms with E-state index in [2.05, 4.69) is 15.9 Å². The molecule has 0 aromatic carbocycles. The number of Topliss-reactive ketones (excluding diaryl/α,β-unsaturated/α-hetero) is 1. The van der Waals surface area contributed by atoms with Crippen molar-refractivity contribution in [1.82, 2.24) is 0 Å². The first kappa shape index (κ1) is 38.7. The summed E-state index contributed by atoms with van der Waals surface area (Å²) in [5.41, 5.74) is 0. The molecule has 0 aromatic heterocycles. The molecule has 0 rings (SSSR count). The average molecular weight is 650 g/mol. The van der Waals surface area contributed by atoms with Gasteiger partial charge in [-0.1, -0.05) is 15.9 Å². The van der Waals surface area contributed by atoms with Crippen LogP contribution in [0.1, 0.15) is 12.8 Å². The summed E-state index contributed by atoms with van der Waals surface area (Å²) in [6.45, 7) is 8.43. The van der Waals surface area contributed by atoms with E-state index in [1.165, 1.54) is 0 Å². The lowest BCUT2D eigenvalue weighted by molar-refractivity contribution is -0.151. The van der Waals surface area contributed by atoms with Crippen LogP contribution in [0.15, 0.2) is 0 Å². The van der Waals surface area contributed by atoms with Crippen molar-refractivity contribution in [3.8, 4) is 0 Å². The molecule has 0 aliphatic carbocycles. The lowest BCUT2D eigenvalue weighted by atomic mass is 10.2. The molecule has 15 heteroatoms. The zero-order chi connectivity index (χ0) is 29.4. The molecule has 0 unspecified atom stereocenters. The third-order valence-corrected chi connectivity index (χ3v) is 4.81. The van der Waals surface area contributed by atoms with E-state index in [-0.39, 0.29) is 26.1 Å². The highest BCUT2D eigenvalue weighted by Crippen LogP contribution is 1.95. The summed E-state index contributed by atoms with van der Waals surface area (Å²) in [6, 6.07) is 0. The largest absolute Gasteiger partial charge is 0.476 e. The van der Waals surface area contributed by atoms with E-state index < -0.39 is 17.7 Å². The minimum atomic E-state index is -1.56. The molecule has 0 bridgehead atoms. The van der Waals surface area contributed by atoms with E-state index in [0.29, 0.717) is 112 Å². The van der Waals surface area contributed by atoms with Gasteiger partial charge in [-0.25, -0.2) is 4.79 Å². The molecular formula is C25H45BrO14. The average Bonchev–Trinajstić information content (AvgIpc) is 2.95. The number of aliphatic carboxylic acids is 1. The van der Waals surface area contributed by atoms with Gasteiger partial charge < -0.3 is 52.5 Å². The van der Waals surface area contributed by atoms with Crippen LogP contribution >= 0.6 is 15.9 Å². The molecule has 0 fully saturated rings. The van der Waals surface area contributed by atoms with E-state index >= 15 is 0 Å². The first-order valence-corrected chi connectivity index (χ1v) is 14.4. The predicted molar refractivity (Wildman–Crippen MR) is 144 cm³/mol. The van der Waals surface area contributed by atoms with E-state index in [9.17, 15) is 14.4 Å². The van der Waals surface area contributed by atoms with E-state index in [0.717, 1.165) is 5.33 Å². The van der Waals surface area contributed by atoms with Gasteiger partial charge >= 0.3 is 11.9 Å². The maximum absolute atomic E-state index is 11.3. The molecule has 0 saturated carbocycles. The molecule has 14 nitrogen and oxygen atoms in total. The number of ketones is 1. The lowest BCUT2D eigenvalue weighted by Gasteiger charge is -2.09. The topological polar surface area (TPSA) is 164 Å². The van der Waals surface area contributed by atoms with Gasteiger partial charge in [0.25, 0.3) is 0 Å². The Morgan fingerprint density at radius 3 is 0.975 bits per heavy atom. The van der Waals surface area contributed by atoms with Gasteiger partial charge in [-0.15, -0.1) is 0 Å². The zero-order valence-corrected chi connectivity index (χ0v) is 24.8. The van der Waals surface area contributed by atoms with Crippen LogP contribution in [0.2, 0.25) is 0 Å². The van der Waals surface area contributed by atoms with Gasteiger partial charge in [0.1, 0.15) is 6.61 Å². The number of hydrogen-bond donors (Lipinski definition) is 1. The SMILES string of the molecule is O=C(CCC(=O)C(=O)O)OCCOCCOCCOCCOCCOCCOCCOCCOCCOCCBr. The maximum atomic E-state index is 11.3. The monoisotopic (exact) mass is 648 g/mol. The maximum Gasteiger partial charge on any atom is 0.372 e. The fourth-order valence-electron chi connectivity index (χ4n) is 2.53. The van der Waals surface area contributed by atoms with Gasteiger partial charge in [0.2, 0.25) is 5.78 Å². The van der Waals surface area contributed by atoms with Crippen molar-refractivity contribution in [2.75, 3.05) is 131 Å². The zero-order valence-electron chi connectivity index (χ0n) is 23.2. The molecule has 40 heavy (non-hydrogen) atoms. The van der Waals surface area contributed by atoms with Crippen LogP contribution in [0.3, 0.4) is 0 Å². The number of alkyl halides is 1. The Labute approximate surface area is 244 Å². The van der Waals surface area contributed by atoms with Gasteiger partial charge in [-0.2, -0.15) is 0 Å². The normalized spacial score (nSPS) is 11.1. The van der Waals surface area contributed by atoms with Crippen LogP contribution in [0.4, 0.5) is 0 Å². The highest BCUT2D eigenvalue weighted by molar-refractivity contribution is 9.09. The molecule has 0 aromatic rings. The van der Waals surface area contributed by atoms with Gasteiger partial charge in [0.15, 0.2) is 0 Å². The molecule has 0 aliphatic heterocycles. The molecule has 0 aliphatic rings. The Hall–Kier alpha value is -1.27. The van der Waals surface area contributed by atoms with E-state index in [1.807, 2.05) is 0 Å². The van der Waals surface area contributed by atoms with Gasteiger partial charge in [0.05, 0.1) is 125 Å². The summed E-state index contributed by atoms with van der Waals surface area (Å²) >= 11 is 3.29. The van der Waals surface area contributed by atoms with Crippen molar-refractivity contribution in [2.24, 2.45) is 0 Å². The van der Waals surface area contributed by atoms with Crippen molar-refractivity contribution < 1.29 is 66.9 Å². The minimum Gasteiger partial charge on any atom is -0.476 e. The summed E-state index contributed by atoms with van der Waals surface area (Å²) in [4.78, 5) is 32.6. The first-order valence-electron chi connectivity index (χ1n) is 13.2. The molecule has 0 amide bonds. The minimum absolute atomic E-state index is 0.0176. The van der Waals surface area contributed by atoms with Crippen LogP contribution in [0.5, 0.6) is 0 Å². The molecule has 0 heterocycles. The van der Waals surface area contributed by atoms with Crippen LogP contribution in [0, 0.1) is 0 Å². The van der Waals surface area contributed by atoms with Crippen LogP contribution in [0.25, 0.3) is 0 Å². The van der Waals surface area contributed by atoms with Crippen molar-refractivity contribution in [1.29, 1.82) is 0 Å². The fraction of sp³-hybridized carbons (Fsp3) is 0.880. The summed E-state index contributed by atoms with van der Waals surface area (Å²) in [7, 11) is 0. The second-order valence-electron chi connectivity index (χ2n) is 7.65. The van der Waals surface area contributed by atoms with Crippen molar-refractivity contribution in [3.63, 3.8) is 0 Å². The molecule has 0 spiro atoms. The quantitative estimate of drug-likeness (QED) is 0.0453. The number of halogens is 1. The summed E-state index contributed by atoms with van der Waals surface area (Å²) in [5.74, 6) is -3.23. The van der Waals surface area contributed by atoms with Gasteiger partial charge in [0, 0.05) is 11.8 Å². The summed E-state index contributed by atoms with van der Waals surface area (Å²) in [5, 5.41) is 9.25. The van der Waals surface area contributed by atoms with Gasteiger partial charge in [-0.05, 0) is 0 Å². The number of carbonyl (C=O) groups excluding carboxylic acids is 2. The number of carbonyl (C=O) groups is 3. The second-order valence-corrected chi connectivity index (χ2v) is 8.44. The smallest absolute Gasteiger partial charge is 0.372 e. The number of esters is 1. The van der Waals surface area contributed by atoms with Crippen LogP contribution in [-0.4, -0.2) is 154 Å². The molecule has 0 atom stereocenters. The Morgan fingerprint density at radius 1 is 0.425 bits per heavy atom. The Kier molecular flexibility index (Phi) is 31.2. The Balaban J connectivity index is 3.12. The van der Waals surface area contributed by atoms with Gasteiger partial charge in [-0.3, -0.25) is 9.59 Å². The molecule has 0 saturated heterocycles. The number of carboxylic acids is 1. The second kappa shape index (κ2) is 32.2. The molecule has 0 radical (unpaired) electrons. The van der Waals surface area contributed by atoms with Crippen LogP contribution < -0.4 is 0 Å². The van der Waals surface area contributed by atoms with Crippen LogP contribution in [-0.2, 0) is 61.8 Å². The van der Waals surface area contributed by atoms with E-state index in [4.69, 9.17) is 52.5 Å².